The molecule has 0 N–H and O–H groups in total. The highest BCUT2D eigenvalue weighted by atomic mass is 32.1. The van der Waals surface area contributed by atoms with E-state index in [0.29, 0.717) is 0 Å². The number of aromatic nitrogens is 1. The largest absolute Gasteiger partial charge is 0.497 e. The van der Waals surface area contributed by atoms with Gasteiger partial charge in [-0.05, 0) is 24.3 Å². The number of fused-ring (bicyclic) bond motifs is 1. The van der Waals surface area contributed by atoms with Crippen LogP contribution in [0.2, 0.25) is 0 Å². The predicted octanol–water partition coefficient (Wildman–Crippen LogP) is 5.23. The maximum absolute atomic E-state index is 5.90. The molecule has 0 spiro atoms. The van der Waals surface area contributed by atoms with E-state index < -0.39 is 0 Å². The zero-order valence-electron chi connectivity index (χ0n) is 11.9. The zero-order chi connectivity index (χ0) is 14.9. The SMILES string of the molecule is COc1ccc2oc(-c3nc(-c4ccccc4)cs3)cc2c1. The average Bonchev–Trinajstić information content (AvgIpc) is 3.21. The van der Waals surface area contributed by atoms with E-state index in [0.717, 1.165) is 38.7 Å². The molecule has 0 aliphatic heterocycles. The first-order valence-electron chi connectivity index (χ1n) is 6.92. The fourth-order valence-corrected chi connectivity index (χ4v) is 3.16. The first kappa shape index (κ1) is 13.1. The Kier molecular flexibility index (Phi) is 3.16. The number of thiazole rings is 1. The molecular formula is C18H13NO2S. The molecule has 22 heavy (non-hydrogen) atoms. The fraction of sp³-hybridized carbons (Fsp3) is 0.0556. The van der Waals surface area contributed by atoms with Gasteiger partial charge in [0.05, 0.1) is 12.8 Å². The van der Waals surface area contributed by atoms with Crippen LogP contribution in [0.4, 0.5) is 0 Å². The number of methoxy groups -OCH3 is 1. The summed E-state index contributed by atoms with van der Waals surface area (Å²) in [5.74, 6) is 1.61. The number of ether oxygens (including phenoxy) is 1. The van der Waals surface area contributed by atoms with Gasteiger partial charge in [-0.15, -0.1) is 11.3 Å². The van der Waals surface area contributed by atoms with Gasteiger partial charge >= 0.3 is 0 Å². The topological polar surface area (TPSA) is 35.3 Å². The van der Waals surface area contributed by atoms with Crippen molar-refractivity contribution in [2.45, 2.75) is 0 Å². The third kappa shape index (κ3) is 2.27. The van der Waals surface area contributed by atoms with Crippen LogP contribution in [0.15, 0.2) is 64.4 Å². The normalized spacial score (nSPS) is 11.0. The first-order valence-corrected chi connectivity index (χ1v) is 7.80. The molecule has 0 saturated carbocycles. The molecule has 0 bridgehead atoms. The second-order valence-corrected chi connectivity index (χ2v) is 5.78. The highest BCUT2D eigenvalue weighted by molar-refractivity contribution is 7.13. The highest BCUT2D eigenvalue weighted by Gasteiger charge is 2.12. The molecule has 0 amide bonds. The third-order valence-electron chi connectivity index (χ3n) is 3.51. The van der Waals surface area contributed by atoms with Crippen LogP contribution in [0.25, 0.3) is 33.0 Å². The van der Waals surface area contributed by atoms with Crippen molar-refractivity contribution in [3.05, 3.63) is 60.0 Å². The lowest BCUT2D eigenvalue weighted by Crippen LogP contribution is -1.79. The molecule has 0 saturated heterocycles. The molecule has 0 aliphatic rings. The van der Waals surface area contributed by atoms with Gasteiger partial charge in [0.2, 0.25) is 0 Å². The monoisotopic (exact) mass is 307 g/mol. The van der Waals surface area contributed by atoms with Gasteiger partial charge in [-0.3, -0.25) is 0 Å². The molecule has 0 aliphatic carbocycles. The molecule has 2 heterocycles. The van der Waals surface area contributed by atoms with Gasteiger partial charge < -0.3 is 9.15 Å². The second kappa shape index (κ2) is 5.31. The van der Waals surface area contributed by atoms with E-state index in [9.17, 15) is 0 Å². The van der Waals surface area contributed by atoms with Crippen molar-refractivity contribution in [2.75, 3.05) is 7.11 Å². The summed E-state index contributed by atoms with van der Waals surface area (Å²) in [5.41, 5.74) is 2.92. The van der Waals surface area contributed by atoms with Crippen LogP contribution in [0.1, 0.15) is 0 Å². The van der Waals surface area contributed by atoms with Gasteiger partial charge in [0.1, 0.15) is 11.3 Å². The predicted molar refractivity (Wildman–Crippen MR) is 89.3 cm³/mol. The van der Waals surface area contributed by atoms with Gasteiger partial charge in [-0.2, -0.15) is 0 Å². The van der Waals surface area contributed by atoms with Crippen LogP contribution in [-0.2, 0) is 0 Å². The van der Waals surface area contributed by atoms with Crippen molar-refractivity contribution in [2.24, 2.45) is 0 Å². The molecule has 0 fully saturated rings. The lowest BCUT2D eigenvalue weighted by atomic mass is 10.2. The van der Waals surface area contributed by atoms with E-state index in [-0.39, 0.29) is 0 Å². The Morgan fingerprint density at radius 2 is 1.91 bits per heavy atom. The van der Waals surface area contributed by atoms with Crippen LogP contribution < -0.4 is 4.74 Å². The Hall–Kier alpha value is -2.59. The van der Waals surface area contributed by atoms with Crippen LogP contribution in [0, 0.1) is 0 Å². The maximum atomic E-state index is 5.90. The smallest absolute Gasteiger partial charge is 0.164 e. The molecule has 108 valence electrons. The number of rotatable bonds is 3. The second-order valence-electron chi connectivity index (χ2n) is 4.92. The molecule has 4 heteroatoms. The number of hydrogen-bond donors (Lipinski definition) is 0. The highest BCUT2D eigenvalue weighted by Crippen LogP contribution is 2.33. The molecule has 4 aromatic rings. The van der Waals surface area contributed by atoms with E-state index in [2.05, 4.69) is 22.5 Å². The van der Waals surface area contributed by atoms with Gasteiger partial charge in [0.25, 0.3) is 0 Å². The summed E-state index contributed by atoms with van der Waals surface area (Å²) in [4.78, 5) is 4.68. The average molecular weight is 307 g/mol. The molecular weight excluding hydrogens is 294 g/mol. The van der Waals surface area contributed by atoms with Crippen molar-refractivity contribution >= 4 is 22.3 Å². The van der Waals surface area contributed by atoms with E-state index in [1.165, 1.54) is 0 Å². The number of hydrogen-bond acceptors (Lipinski definition) is 4. The van der Waals surface area contributed by atoms with Crippen molar-refractivity contribution in [3.8, 4) is 27.8 Å². The van der Waals surface area contributed by atoms with E-state index in [1.54, 1.807) is 18.4 Å². The lowest BCUT2D eigenvalue weighted by Gasteiger charge is -1.96. The van der Waals surface area contributed by atoms with Gasteiger partial charge in [-0.1, -0.05) is 30.3 Å². The minimum absolute atomic E-state index is 0.787. The minimum atomic E-state index is 0.787. The molecule has 4 rings (SSSR count). The van der Waals surface area contributed by atoms with Crippen LogP contribution >= 0.6 is 11.3 Å². The maximum Gasteiger partial charge on any atom is 0.164 e. The molecule has 2 aromatic heterocycles. The minimum Gasteiger partial charge on any atom is -0.497 e. The fourth-order valence-electron chi connectivity index (χ4n) is 2.38. The Balaban J connectivity index is 1.74. The Morgan fingerprint density at radius 3 is 2.73 bits per heavy atom. The Bertz CT molecular complexity index is 925. The molecule has 0 radical (unpaired) electrons. The summed E-state index contributed by atoms with van der Waals surface area (Å²) in [6.45, 7) is 0. The summed E-state index contributed by atoms with van der Waals surface area (Å²) in [5, 5.41) is 3.96. The molecule has 0 unspecified atom stereocenters. The molecule has 0 atom stereocenters. The van der Waals surface area contributed by atoms with E-state index in [1.807, 2.05) is 42.5 Å². The van der Waals surface area contributed by atoms with Crippen molar-refractivity contribution < 1.29 is 9.15 Å². The quantitative estimate of drug-likeness (QED) is 0.519. The van der Waals surface area contributed by atoms with E-state index in [4.69, 9.17) is 9.15 Å². The van der Waals surface area contributed by atoms with Gasteiger partial charge in [-0.25, -0.2) is 4.98 Å². The van der Waals surface area contributed by atoms with Crippen LogP contribution in [0.3, 0.4) is 0 Å². The standard InChI is InChI=1S/C18H13NO2S/c1-20-14-7-8-16-13(9-14)10-17(21-16)18-19-15(11-22-18)12-5-3-2-4-6-12/h2-11H,1H3. The summed E-state index contributed by atoms with van der Waals surface area (Å²) < 4.78 is 11.1. The summed E-state index contributed by atoms with van der Waals surface area (Å²) in [6.07, 6.45) is 0. The van der Waals surface area contributed by atoms with Gasteiger partial charge in [0.15, 0.2) is 10.8 Å². The number of nitrogens with zero attached hydrogens (tertiary/aromatic N) is 1. The third-order valence-corrected chi connectivity index (χ3v) is 4.36. The van der Waals surface area contributed by atoms with Crippen LogP contribution in [0.5, 0.6) is 5.75 Å². The summed E-state index contributed by atoms with van der Waals surface area (Å²) in [7, 11) is 1.66. The number of benzene rings is 2. The van der Waals surface area contributed by atoms with Gasteiger partial charge in [0, 0.05) is 16.3 Å². The molecule has 2 aromatic carbocycles. The van der Waals surface area contributed by atoms with Crippen molar-refractivity contribution in [3.63, 3.8) is 0 Å². The number of furan rings is 1. The summed E-state index contributed by atoms with van der Waals surface area (Å²) in [6, 6.07) is 17.9. The van der Waals surface area contributed by atoms with E-state index >= 15 is 0 Å². The van der Waals surface area contributed by atoms with Crippen molar-refractivity contribution in [1.29, 1.82) is 0 Å². The van der Waals surface area contributed by atoms with Crippen LogP contribution in [-0.4, -0.2) is 12.1 Å². The summed E-state index contributed by atoms with van der Waals surface area (Å²) >= 11 is 1.59. The van der Waals surface area contributed by atoms with Crippen molar-refractivity contribution in [1.82, 2.24) is 4.98 Å². The Labute approximate surface area is 131 Å². The zero-order valence-corrected chi connectivity index (χ0v) is 12.8. The first-order chi connectivity index (χ1) is 10.8. The Morgan fingerprint density at radius 1 is 1.05 bits per heavy atom. The molecule has 3 nitrogen and oxygen atoms in total. The lowest BCUT2D eigenvalue weighted by molar-refractivity contribution is 0.415.